The average molecular weight is 933 g/mol. The molecule has 6 fully saturated rings. The minimum Gasteiger partial charge on any atom is -0.350 e. The molecule has 374 valence electrons. The smallest absolute Gasteiger partial charge is 0.160 e. The first-order chi connectivity index (χ1) is 31.4. The van der Waals surface area contributed by atoms with Crippen LogP contribution in [0.3, 0.4) is 0 Å². The number of allylic oxidation sites excluding steroid dienone is 1. The van der Waals surface area contributed by atoms with E-state index in [1.54, 1.807) is 13.8 Å². The first-order valence-electron chi connectivity index (χ1n) is 24.9. The standard InChI is InChI=1S/C48H80N6O12/c1-28(9-13-40(45(4,5)54-58)65-43-22-29(52-56)19-33(62-43)26-59-41-24-31(66-50)23-32(61-41)25-51-55)35-15-16-48(8)38-12-10-36-37(46(38,6)17-18-47(35,48)7)11-14-39(44(36,2)3)64-42-21-30(53-57)20-34(63-42)27-60-49/h10,28-35,37-43H,9,11-27,49-50H2,1-8H3/t28?,29-,30-,31-,32-,33-,34-,35?,37?,38?,39-,40?,41+,42-,43-,46?,47?,48?/m0/s1. The molecule has 0 aromatic heterocycles. The molecule has 0 radical (unpaired) electrons. The van der Waals surface area contributed by atoms with Crippen LogP contribution >= 0.6 is 0 Å². The van der Waals surface area contributed by atoms with Crippen molar-refractivity contribution in [1.29, 1.82) is 0 Å². The second kappa shape index (κ2) is 21.0. The monoisotopic (exact) mass is 933 g/mol. The van der Waals surface area contributed by atoms with Gasteiger partial charge in [0.15, 0.2) is 18.9 Å². The van der Waals surface area contributed by atoms with Crippen LogP contribution < -0.4 is 11.8 Å². The molecule has 0 aromatic carbocycles. The molecule has 3 saturated carbocycles. The molecule has 0 spiro atoms. The fraction of sp³-hybridized carbons (Fsp3) is 0.958. The predicted molar refractivity (Wildman–Crippen MR) is 246 cm³/mol. The maximum atomic E-state index is 12.4. The van der Waals surface area contributed by atoms with Crippen molar-refractivity contribution in [3.8, 4) is 0 Å². The average Bonchev–Trinajstić information content (AvgIpc) is 3.58. The highest BCUT2D eigenvalue weighted by atomic mass is 16.7. The molecule has 7 aliphatic rings. The van der Waals surface area contributed by atoms with Crippen LogP contribution in [0.5, 0.6) is 0 Å². The minimum absolute atomic E-state index is 0.0429. The zero-order chi connectivity index (χ0) is 47.7. The Morgan fingerprint density at radius 3 is 2.12 bits per heavy atom. The summed E-state index contributed by atoms with van der Waals surface area (Å²) in [5, 5.41) is 13.2. The molecule has 3 aliphatic heterocycles. The molecular weight excluding hydrogens is 853 g/mol. The Hall–Kier alpha value is -2.26. The third kappa shape index (κ3) is 10.3. The Bertz CT molecular complexity index is 1720. The van der Waals surface area contributed by atoms with Gasteiger partial charge in [0.1, 0.15) is 12.1 Å². The number of ether oxygens (including phenoxy) is 6. The second-order valence-electron chi connectivity index (χ2n) is 23.1. The molecule has 3 heterocycles. The van der Waals surface area contributed by atoms with E-state index in [2.05, 4.69) is 68.3 Å². The molecule has 66 heavy (non-hydrogen) atoms. The number of fused-ring (bicyclic) bond motifs is 5. The molecular formula is C48H80N6O12. The Balaban J connectivity index is 0.986. The van der Waals surface area contributed by atoms with Gasteiger partial charge in [-0.2, -0.15) is 19.6 Å². The van der Waals surface area contributed by atoms with Crippen molar-refractivity contribution in [3.63, 3.8) is 0 Å². The number of nitrogens with two attached hydrogens (primary N) is 2. The molecule has 8 unspecified atom stereocenters. The van der Waals surface area contributed by atoms with Gasteiger partial charge in [0.2, 0.25) is 0 Å². The predicted octanol–water partition coefficient (Wildman–Crippen LogP) is 9.04. The maximum Gasteiger partial charge on any atom is 0.160 e. The summed E-state index contributed by atoms with van der Waals surface area (Å²) < 4.78 is 37.9. The van der Waals surface area contributed by atoms with Crippen molar-refractivity contribution in [2.45, 2.75) is 225 Å². The Morgan fingerprint density at radius 1 is 0.773 bits per heavy atom. The topological polar surface area (TPSA) is 244 Å². The van der Waals surface area contributed by atoms with Gasteiger partial charge in [0.05, 0.1) is 61.9 Å². The summed E-state index contributed by atoms with van der Waals surface area (Å²) >= 11 is 0. The lowest BCUT2D eigenvalue weighted by Gasteiger charge is -2.66. The molecule has 18 nitrogen and oxygen atoms in total. The lowest BCUT2D eigenvalue weighted by atomic mass is 9.39. The van der Waals surface area contributed by atoms with E-state index in [1.165, 1.54) is 18.4 Å². The number of nitroso groups, excluding NO2 is 4. The lowest BCUT2D eigenvalue weighted by Crippen LogP contribution is -2.59. The normalized spacial score (nSPS) is 43.3. The van der Waals surface area contributed by atoms with Crippen LogP contribution in [0.2, 0.25) is 0 Å². The van der Waals surface area contributed by atoms with Crippen molar-refractivity contribution in [3.05, 3.63) is 31.3 Å². The van der Waals surface area contributed by atoms with Gasteiger partial charge in [-0.05, 0) is 112 Å². The van der Waals surface area contributed by atoms with Crippen molar-refractivity contribution in [1.82, 2.24) is 0 Å². The quantitative estimate of drug-likeness (QED) is 0.0657. The van der Waals surface area contributed by atoms with Crippen molar-refractivity contribution in [2.75, 3.05) is 19.8 Å². The van der Waals surface area contributed by atoms with Gasteiger partial charge >= 0.3 is 0 Å². The van der Waals surface area contributed by atoms with Crippen molar-refractivity contribution >= 4 is 0 Å². The van der Waals surface area contributed by atoms with Crippen LogP contribution in [0.4, 0.5) is 0 Å². The first-order valence-corrected chi connectivity index (χ1v) is 24.9. The summed E-state index contributed by atoms with van der Waals surface area (Å²) in [5.74, 6) is 12.7. The zero-order valence-electron chi connectivity index (χ0n) is 40.8. The van der Waals surface area contributed by atoms with Crippen molar-refractivity contribution < 1.29 is 38.1 Å². The Labute approximate surface area is 390 Å². The van der Waals surface area contributed by atoms with Gasteiger partial charge in [0, 0.05) is 43.9 Å². The maximum absolute atomic E-state index is 12.4. The molecule has 4 N–H and O–H groups in total. The second-order valence-corrected chi connectivity index (χ2v) is 23.1. The van der Waals surface area contributed by atoms with E-state index < -0.39 is 48.8 Å². The SMILES string of the molecule is CC(CCC(O[C@H]1C[C@@H](N=O)C[C@@H](CO[C@H]2C[C@@H](ON)C[C@@H](CN=O)O2)O1)C(C)(C)N=O)C1CCC2(C)C3CC=C4C(CC[C@H](O[C@H]5C[C@@H](N=O)C[C@@H](CON)O5)C4(C)C)C3(C)CCC12C. The molecule has 18 atom stereocenters. The molecule has 7 rings (SSSR count). The summed E-state index contributed by atoms with van der Waals surface area (Å²) in [4.78, 5) is 56.8. The van der Waals surface area contributed by atoms with Crippen LogP contribution in [0, 0.1) is 65.0 Å². The summed E-state index contributed by atoms with van der Waals surface area (Å²) in [6.45, 7) is 18.6. The van der Waals surface area contributed by atoms with Gasteiger partial charge in [0.25, 0.3) is 0 Å². The number of nitrogens with zero attached hydrogens (tertiary/aromatic N) is 4. The van der Waals surface area contributed by atoms with Gasteiger partial charge in [-0.15, -0.1) is 0 Å². The number of hydrogen-bond acceptors (Lipinski definition) is 18. The number of rotatable bonds is 20. The highest BCUT2D eigenvalue weighted by molar-refractivity contribution is 5.30. The molecule has 4 aliphatic carbocycles. The zero-order valence-corrected chi connectivity index (χ0v) is 40.8. The molecule has 0 amide bonds. The van der Waals surface area contributed by atoms with Crippen LogP contribution in [-0.4, -0.2) is 92.9 Å². The van der Waals surface area contributed by atoms with Gasteiger partial charge < -0.3 is 38.1 Å². The summed E-state index contributed by atoms with van der Waals surface area (Å²) in [5.41, 5.74) is 0.725. The fourth-order valence-electron chi connectivity index (χ4n) is 14.6. The first kappa shape index (κ1) is 51.6. The van der Waals surface area contributed by atoms with E-state index in [1.807, 2.05) is 0 Å². The third-order valence-electron chi connectivity index (χ3n) is 18.6. The highest BCUT2D eigenvalue weighted by Gasteiger charge is 2.67. The molecule has 3 saturated heterocycles. The molecule has 0 aromatic rings. The largest absolute Gasteiger partial charge is 0.350 e. The van der Waals surface area contributed by atoms with Gasteiger partial charge in [-0.25, -0.2) is 11.8 Å². The van der Waals surface area contributed by atoms with E-state index in [9.17, 15) is 19.6 Å². The fourth-order valence-corrected chi connectivity index (χ4v) is 14.6. The van der Waals surface area contributed by atoms with Crippen molar-refractivity contribution in [2.24, 2.45) is 77.8 Å². The highest BCUT2D eigenvalue weighted by Crippen LogP contribution is 2.75. The lowest BCUT2D eigenvalue weighted by molar-refractivity contribution is -0.262. The number of hydrogen-bond donors (Lipinski definition) is 2. The summed E-state index contributed by atoms with van der Waals surface area (Å²) in [6.07, 6.45) is 9.81. The van der Waals surface area contributed by atoms with Crippen LogP contribution in [0.1, 0.15) is 152 Å². The molecule has 18 heteroatoms. The third-order valence-corrected chi connectivity index (χ3v) is 18.6. The summed E-state index contributed by atoms with van der Waals surface area (Å²) in [6, 6.07) is -0.947. The Kier molecular flexibility index (Phi) is 16.4. The van der Waals surface area contributed by atoms with E-state index in [4.69, 9.17) is 49.9 Å². The molecule has 0 bridgehead atoms. The van der Waals surface area contributed by atoms with E-state index in [0.29, 0.717) is 62.2 Å². The van der Waals surface area contributed by atoms with E-state index in [-0.39, 0.29) is 72.2 Å². The minimum atomic E-state index is -1.05. The van der Waals surface area contributed by atoms with E-state index in [0.717, 1.165) is 38.5 Å². The van der Waals surface area contributed by atoms with Gasteiger partial charge in [-0.3, -0.25) is 0 Å². The van der Waals surface area contributed by atoms with E-state index >= 15 is 0 Å². The van der Waals surface area contributed by atoms with Crippen LogP contribution in [-0.2, 0) is 38.1 Å². The van der Waals surface area contributed by atoms with Crippen LogP contribution in [0.25, 0.3) is 0 Å². The van der Waals surface area contributed by atoms with Crippen LogP contribution in [0.15, 0.2) is 32.4 Å². The summed E-state index contributed by atoms with van der Waals surface area (Å²) in [7, 11) is 0. The Morgan fingerprint density at radius 2 is 1.45 bits per heavy atom. The van der Waals surface area contributed by atoms with Gasteiger partial charge in [-0.1, -0.05) is 73.9 Å².